The molecule has 0 saturated heterocycles. The number of aromatic nitrogens is 1. The van der Waals surface area contributed by atoms with Crippen molar-refractivity contribution >= 4 is 11.6 Å². The molecule has 2 heterocycles. The second kappa shape index (κ2) is 3.77. The van der Waals surface area contributed by atoms with Crippen molar-refractivity contribution in [3.63, 3.8) is 0 Å². The molecule has 0 aliphatic carbocycles. The SMILES string of the molecule is O=C(N1CCCc2ncccc21)C(F)(F)F. The Labute approximate surface area is 89.9 Å². The lowest BCUT2D eigenvalue weighted by molar-refractivity contribution is -0.170. The molecule has 0 atom stereocenters. The van der Waals surface area contributed by atoms with E-state index >= 15 is 0 Å². The number of hydrogen-bond acceptors (Lipinski definition) is 2. The number of anilines is 1. The lowest BCUT2D eigenvalue weighted by atomic mass is 10.1. The van der Waals surface area contributed by atoms with Gasteiger partial charge < -0.3 is 4.90 Å². The number of carbonyl (C=O) groups is 1. The van der Waals surface area contributed by atoms with E-state index in [4.69, 9.17) is 0 Å². The van der Waals surface area contributed by atoms with E-state index in [2.05, 4.69) is 4.98 Å². The molecule has 0 saturated carbocycles. The van der Waals surface area contributed by atoms with Gasteiger partial charge >= 0.3 is 12.1 Å². The second-order valence-corrected chi connectivity index (χ2v) is 3.53. The summed E-state index contributed by atoms with van der Waals surface area (Å²) in [4.78, 5) is 15.9. The van der Waals surface area contributed by atoms with Crippen molar-refractivity contribution in [3.05, 3.63) is 24.0 Å². The molecular formula is C10H9F3N2O. The molecule has 6 heteroatoms. The van der Waals surface area contributed by atoms with Crippen LogP contribution in [-0.2, 0) is 11.2 Å². The first kappa shape index (κ1) is 10.9. The summed E-state index contributed by atoms with van der Waals surface area (Å²) < 4.78 is 36.9. The summed E-state index contributed by atoms with van der Waals surface area (Å²) in [7, 11) is 0. The topological polar surface area (TPSA) is 33.2 Å². The standard InChI is InChI=1S/C10H9F3N2O/c11-10(12,13)9(16)15-6-2-3-7-8(15)4-1-5-14-7/h1,4-5H,2-3,6H2. The lowest BCUT2D eigenvalue weighted by Crippen LogP contribution is -2.44. The molecule has 1 aromatic rings. The van der Waals surface area contributed by atoms with Gasteiger partial charge in [0.05, 0.1) is 11.4 Å². The highest BCUT2D eigenvalue weighted by Crippen LogP contribution is 2.29. The normalized spacial score (nSPS) is 15.8. The Morgan fingerprint density at radius 1 is 1.44 bits per heavy atom. The maximum atomic E-state index is 12.3. The fourth-order valence-corrected chi connectivity index (χ4v) is 1.76. The quantitative estimate of drug-likeness (QED) is 0.682. The van der Waals surface area contributed by atoms with Crippen LogP contribution in [0.1, 0.15) is 12.1 Å². The molecule has 0 aromatic carbocycles. The lowest BCUT2D eigenvalue weighted by Gasteiger charge is -2.29. The Bertz CT molecular complexity index is 417. The van der Waals surface area contributed by atoms with Crippen molar-refractivity contribution in [1.29, 1.82) is 0 Å². The Morgan fingerprint density at radius 2 is 2.19 bits per heavy atom. The molecular weight excluding hydrogens is 221 g/mol. The maximum absolute atomic E-state index is 12.3. The number of hydrogen-bond donors (Lipinski definition) is 0. The van der Waals surface area contributed by atoms with E-state index < -0.39 is 12.1 Å². The van der Waals surface area contributed by atoms with Gasteiger partial charge in [-0.3, -0.25) is 9.78 Å². The molecule has 0 spiro atoms. The highest BCUT2D eigenvalue weighted by Gasteiger charge is 2.44. The fraction of sp³-hybridized carbons (Fsp3) is 0.400. The van der Waals surface area contributed by atoms with Crippen molar-refractivity contribution in [2.24, 2.45) is 0 Å². The Kier molecular flexibility index (Phi) is 2.57. The summed E-state index contributed by atoms with van der Waals surface area (Å²) in [5.74, 6) is -1.82. The zero-order valence-electron chi connectivity index (χ0n) is 8.29. The van der Waals surface area contributed by atoms with Crippen molar-refractivity contribution in [2.45, 2.75) is 19.0 Å². The van der Waals surface area contributed by atoms with Crippen LogP contribution in [0.15, 0.2) is 18.3 Å². The third kappa shape index (κ3) is 1.87. The molecule has 0 radical (unpaired) electrons. The number of rotatable bonds is 0. The van der Waals surface area contributed by atoms with Crippen LogP contribution in [0.2, 0.25) is 0 Å². The number of aryl methyl sites for hydroxylation is 1. The van der Waals surface area contributed by atoms with Gasteiger partial charge in [-0.2, -0.15) is 13.2 Å². The molecule has 1 aromatic heterocycles. The van der Waals surface area contributed by atoms with Crippen LogP contribution in [0, 0.1) is 0 Å². The van der Waals surface area contributed by atoms with Crippen molar-refractivity contribution in [3.8, 4) is 0 Å². The highest BCUT2D eigenvalue weighted by molar-refractivity contribution is 5.98. The first-order valence-electron chi connectivity index (χ1n) is 4.83. The van der Waals surface area contributed by atoms with Gasteiger partial charge in [0.25, 0.3) is 0 Å². The molecule has 86 valence electrons. The molecule has 0 unspecified atom stereocenters. The van der Waals surface area contributed by atoms with Crippen LogP contribution in [-0.4, -0.2) is 23.6 Å². The Morgan fingerprint density at radius 3 is 2.88 bits per heavy atom. The molecule has 0 bridgehead atoms. The third-order valence-corrected chi connectivity index (χ3v) is 2.44. The maximum Gasteiger partial charge on any atom is 0.471 e. The number of alkyl halides is 3. The van der Waals surface area contributed by atoms with E-state index in [1.54, 1.807) is 0 Å². The summed E-state index contributed by atoms with van der Waals surface area (Å²) in [6.07, 6.45) is -2.20. The summed E-state index contributed by atoms with van der Waals surface area (Å²) in [5, 5.41) is 0. The van der Waals surface area contributed by atoms with Gasteiger partial charge in [0.1, 0.15) is 0 Å². The first-order valence-corrected chi connectivity index (χ1v) is 4.83. The molecule has 1 amide bonds. The summed E-state index contributed by atoms with van der Waals surface area (Å²) in [6, 6.07) is 3.02. The minimum atomic E-state index is -4.83. The van der Waals surface area contributed by atoms with Crippen LogP contribution in [0.5, 0.6) is 0 Å². The summed E-state index contributed by atoms with van der Waals surface area (Å²) in [6.45, 7) is 0.0943. The number of nitrogens with zero attached hydrogens (tertiary/aromatic N) is 2. The Hall–Kier alpha value is -1.59. The molecule has 1 aliphatic heterocycles. The van der Waals surface area contributed by atoms with Crippen LogP contribution in [0.3, 0.4) is 0 Å². The first-order chi connectivity index (χ1) is 7.50. The van der Waals surface area contributed by atoms with Crippen LogP contribution in [0.25, 0.3) is 0 Å². The van der Waals surface area contributed by atoms with Crippen molar-refractivity contribution in [1.82, 2.24) is 4.98 Å². The van der Waals surface area contributed by atoms with Gasteiger partial charge in [-0.05, 0) is 25.0 Å². The molecule has 16 heavy (non-hydrogen) atoms. The fourth-order valence-electron chi connectivity index (χ4n) is 1.76. The molecule has 1 aliphatic rings. The van der Waals surface area contributed by atoms with Gasteiger partial charge in [-0.15, -0.1) is 0 Å². The molecule has 0 N–H and O–H groups in total. The van der Waals surface area contributed by atoms with E-state index in [9.17, 15) is 18.0 Å². The average Bonchev–Trinajstić information content (AvgIpc) is 2.26. The van der Waals surface area contributed by atoms with E-state index in [1.165, 1.54) is 18.3 Å². The summed E-state index contributed by atoms with van der Waals surface area (Å²) in [5.41, 5.74) is 0.822. The molecule has 3 nitrogen and oxygen atoms in total. The predicted molar refractivity (Wildman–Crippen MR) is 51.0 cm³/mol. The van der Waals surface area contributed by atoms with E-state index in [0.717, 1.165) is 4.90 Å². The third-order valence-electron chi connectivity index (χ3n) is 2.44. The van der Waals surface area contributed by atoms with Crippen LogP contribution >= 0.6 is 0 Å². The van der Waals surface area contributed by atoms with Crippen LogP contribution < -0.4 is 4.90 Å². The number of fused-ring (bicyclic) bond motifs is 1. The number of amides is 1. The van der Waals surface area contributed by atoms with Gasteiger partial charge in [0.15, 0.2) is 0 Å². The van der Waals surface area contributed by atoms with E-state index in [0.29, 0.717) is 18.5 Å². The van der Waals surface area contributed by atoms with E-state index in [-0.39, 0.29) is 12.2 Å². The summed E-state index contributed by atoms with van der Waals surface area (Å²) >= 11 is 0. The van der Waals surface area contributed by atoms with Crippen molar-refractivity contribution < 1.29 is 18.0 Å². The van der Waals surface area contributed by atoms with Crippen molar-refractivity contribution in [2.75, 3.05) is 11.4 Å². The Balaban J connectivity index is 2.36. The zero-order valence-corrected chi connectivity index (χ0v) is 8.29. The average molecular weight is 230 g/mol. The minimum Gasteiger partial charge on any atom is -0.303 e. The zero-order chi connectivity index (χ0) is 11.8. The van der Waals surface area contributed by atoms with Gasteiger partial charge in [0.2, 0.25) is 0 Å². The molecule has 0 fully saturated rings. The monoisotopic (exact) mass is 230 g/mol. The molecule has 2 rings (SSSR count). The van der Waals surface area contributed by atoms with E-state index in [1.807, 2.05) is 0 Å². The second-order valence-electron chi connectivity index (χ2n) is 3.53. The highest BCUT2D eigenvalue weighted by atomic mass is 19.4. The minimum absolute atomic E-state index is 0.0943. The predicted octanol–water partition coefficient (Wildman–Crippen LogP) is 1.92. The van der Waals surface area contributed by atoms with Gasteiger partial charge in [0, 0.05) is 12.7 Å². The largest absolute Gasteiger partial charge is 0.471 e. The van der Waals surface area contributed by atoms with Crippen LogP contribution in [0.4, 0.5) is 18.9 Å². The van der Waals surface area contributed by atoms with Gasteiger partial charge in [-0.25, -0.2) is 0 Å². The van der Waals surface area contributed by atoms with Gasteiger partial charge in [-0.1, -0.05) is 0 Å². The number of pyridine rings is 1. The smallest absolute Gasteiger partial charge is 0.303 e. The number of carbonyl (C=O) groups excluding carboxylic acids is 1. The number of halogens is 3.